The summed E-state index contributed by atoms with van der Waals surface area (Å²) in [6, 6.07) is 0.224. The largest absolute Gasteiger partial charge is 0.374 e. The van der Waals surface area contributed by atoms with Crippen LogP contribution in [0.15, 0.2) is 11.6 Å². The lowest BCUT2D eigenvalue weighted by atomic mass is 9.97. The van der Waals surface area contributed by atoms with Crippen molar-refractivity contribution >= 4 is 5.91 Å². The van der Waals surface area contributed by atoms with Crippen LogP contribution in [0.4, 0.5) is 0 Å². The van der Waals surface area contributed by atoms with Crippen LogP contribution in [0, 0.1) is 5.92 Å². The van der Waals surface area contributed by atoms with Crippen LogP contribution in [0.5, 0.6) is 0 Å². The molecule has 122 valence electrons. The number of amides is 1. The maximum atomic E-state index is 12.9. The van der Waals surface area contributed by atoms with E-state index in [4.69, 9.17) is 9.47 Å². The SMILES string of the molecule is O=C(C1=CCCCC1)N1CCOC2CCC1C2OCC1CC1. The first-order valence-electron chi connectivity index (χ1n) is 9.06. The molecule has 1 saturated heterocycles. The van der Waals surface area contributed by atoms with Crippen molar-refractivity contribution in [1.82, 2.24) is 4.90 Å². The molecule has 2 bridgehead atoms. The molecule has 3 fully saturated rings. The van der Waals surface area contributed by atoms with Gasteiger partial charge in [-0.05, 0) is 57.3 Å². The molecule has 3 unspecified atom stereocenters. The molecule has 0 spiro atoms. The maximum Gasteiger partial charge on any atom is 0.249 e. The van der Waals surface area contributed by atoms with Crippen LogP contribution in [0.3, 0.4) is 0 Å². The molecule has 3 atom stereocenters. The Labute approximate surface area is 132 Å². The minimum absolute atomic E-state index is 0.0937. The fraction of sp³-hybridized carbons (Fsp3) is 0.833. The van der Waals surface area contributed by atoms with Crippen molar-refractivity contribution in [2.75, 3.05) is 19.8 Å². The van der Waals surface area contributed by atoms with Gasteiger partial charge in [0, 0.05) is 18.7 Å². The van der Waals surface area contributed by atoms with Crippen molar-refractivity contribution in [2.45, 2.75) is 69.6 Å². The Hall–Kier alpha value is -0.870. The number of ether oxygens (including phenoxy) is 2. The molecule has 1 amide bonds. The maximum absolute atomic E-state index is 12.9. The van der Waals surface area contributed by atoms with Crippen molar-refractivity contribution in [3.05, 3.63) is 11.6 Å². The number of hydrogen-bond acceptors (Lipinski definition) is 3. The second kappa shape index (κ2) is 6.32. The number of fused-ring (bicyclic) bond motifs is 2. The van der Waals surface area contributed by atoms with E-state index >= 15 is 0 Å². The van der Waals surface area contributed by atoms with Gasteiger partial charge >= 0.3 is 0 Å². The highest BCUT2D eigenvalue weighted by Gasteiger charge is 2.45. The van der Waals surface area contributed by atoms with E-state index < -0.39 is 0 Å². The lowest BCUT2D eigenvalue weighted by Crippen LogP contribution is -2.47. The van der Waals surface area contributed by atoms with E-state index in [-0.39, 0.29) is 24.2 Å². The summed E-state index contributed by atoms with van der Waals surface area (Å²) in [6.45, 7) is 2.23. The molecule has 22 heavy (non-hydrogen) atoms. The van der Waals surface area contributed by atoms with Gasteiger partial charge in [0.25, 0.3) is 0 Å². The Morgan fingerprint density at radius 2 is 2.18 bits per heavy atom. The third-order valence-electron chi connectivity index (χ3n) is 5.60. The first kappa shape index (κ1) is 14.7. The average Bonchev–Trinajstić information content (AvgIpc) is 3.30. The van der Waals surface area contributed by atoms with Gasteiger partial charge in [0.15, 0.2) is 0 Å². The van der Waals surface area contributed by atoms with Crippen molar-refractivity contribution in [3.8, 4) is 0 Å². The number of nitrogens with zero attached hydrogens (tertiary/aromatic N) is 1. The minimum Gasteiger partial charge on any atom is -0.374 e. The Morgan fingerprint density at radius 3 is 2.95 bits per heavy atom. The zero-order chi connectivity index (χ0) is 14.9. The fourth-order valence-electron chi connectivity index (χ4n) is 4.11. The molecule has 4 nitrogen and oxygen atoms in total. The highest BCUT2D eigenvalue weighted by atomic mass is 16.5. The molecule has 4 rings (SSSR count). The Balaban J connectivity index is 1.48. The summed E-state index contributed by atoms with van der Waals surface area (Å²) in [7, 11) is 0. The second-order valence-electron chi connectivity index (χ2n) is 7.27. The smallest absolute Gasteiger partial charge is 0.249 e. The van der Waals surface area contributed by atoms with Gasteiger partial charge in [-0.2, -0.15) is 0 Å². The predicted octanol–water partition coefficient (Wildman–Crippen LogP) is 2.67. The predicted molar refractivity (Wildman–Crippen MR) is 83.5 cm³/mol. The first-order chi connectivity index (χ1) is 10.8. The Kier molecular flexibility index (Phi) is 4.23. The van der Waals surface area contributed by atoms with Crippen LogP contribution in [0.1, 0.15) is 51.4 Å². The molecule has 0 aromatic carbocycles. The van der Waals surface area contributed by atoms with Crippen molar-refractivity contribution in [2.24, 2.45) is 5.92 Å². The van der Waals surface area contributed by atoms with Gasteiger partial charge < -0.3 is 14.4 Å². The number of rotatable bonds is 4. The van der Waals surface area contributed by atoms with Gasteiger partial charge in [-0.1, -0.05) is 6.08 Å². The second-order valence-corrected chi connectivity index (χ2v) is 7.27. The van der Waals surface area contributed by atoms with Crippen LogP contribution in [0.25, 0.3) is 0 Å². The van der Waals surface area contributed by atoms with Crippen molar-refractivity contribution < 1.29 is 14.3 Å². The lowest BCUT2D eigenvalue weighted by molar-refractivity contribution is -0.132. The third kappa shape index (κ3) is 2.95. The monoisotopic (exact) mass is 305 g/mol. The summed E-state index contributed by atoms with van der Waals surface area (Å²) < 4.78 is 12.2. The van der Waals surface area contributed by atoms with E-state index in [0.29, 0.717) is 6.61 Å². The summed E-state index contributed by atoms with van der Waals surface area (Å²) in [5.74, 6) is 1.00. The van der Waals surface area contributed by atoms with Gasteiger partial charge in [0.2, 0.25) is 5.91 Å². The van der Waals surface area contributed by atoms with E-state index in [0.717, 1.165) is 56.7 Å². The van der Waals surface area contributed by atoms with E-state index in [1.165, 1.54) is 19.3 Å². The number of allylic oxidation sites excluding steroid dienone is 1. The summed E-state index contributed by atoms with van der Waals surface area (Å²) in [5.41, 5.74) is 1.03. The van der Waals surface area contributed by atoms with E-state index in [1.807, 2.05) is 0 Å². The van der Waals surface area contributed by atoms with E-state index in [2.05, 4.69) is 11.0 Å². The van der Waals surface area contributed by atoms with Crippen LogP contribution in [-0.2, 0) is 14.3 Å². The third-order valence-corrected chi connectivity index (χ3v) is 5.60. The van der Waals surface area contributed by atoms with Crippen molar-refractivity contribution in [1.29, 1.82) is 0 Å². The van der Waals surface area contributed by atoms with Crippen LogP contribution >= 0.6 is 0 Å². The highest BCUT2D eigenvalue weighted by molar-refractivity contribution is 5.93. The molecular weight excluding hydrogens is 278 g/mol. The molecule has 4 aliphatic rings. The summed E-state index contributed by atoms with van der Waals surface area (Å²) in [4.78, 5) is 15.0. The molecule has 1 aliphatic heterocycles. The lowest BCUT2D eigenvalue weighted by Gasteiger charge is -2.32. The van der Waals surface area contributed by atoms with E-state index in [1.54, 1.807) is 0 Å². The zero-order valence-electron chi connectivity index (χ0n) is 13.3. The molecule has 4 heteroatoms. The number of hydrogen-bond donors (Lipinski definition) is 0. The van der Waals surface area contributed by atoms with Crippen LogP contribution in [0.2, 0.25) is 0 Å². The minimum atomic E-state index is 0.0937. The molecule has 0 aromatic heterocycles. The number of carbonyl (C=O) groups is 1. The molecule has 1 heterocycles. The standard InChI is InChI=1S/C18H27NO3/c20-18(14-4-2-1-3-5-14)19-10-11-21-16-9-8-15(19)17(16)22-12-13-6-7-13/h4,13,15-17H,1-3,5-12H2. The van der Waals surface area contributed by atoms with Gasteiger partial charge in [0.1, 0.15) is 6.10 Å². The number of carbonyl (C=O) groups excluding carboxylic acids is 1. The molecule has 0 aromatic rings. The normalized spacial score (nSPS) is 35.2. The molecule has 0 N–H and O–H groups in total. The molecule has 0 radical (unpaired) electrons. The average molecular weight is 305 g/mol. The summed E-state index contributed by atoms with van der Waals surface area (Å²) >= 11 is 0. The Morgan fingerprint density at radius 1 is 1.27 bits per heavy atom. The van der Waals surface area contributed by atoms with Crippen LogP contribution in [-0.4, -0.2) is 48.8 Å². The summed E-state index contributed by atoms with van der Waals surface area (Å²) in [6.07, 6.45) is 11.5. The molecule has 3 aliphatic carbocycles. The first-order valence-corrected chi connectivity index (χ1v) is 9.06. The zero-order valence-corrected chi connectivity index (χ0v) is 13.3. The Bertz CT molecular complexity index is 457. The highest BCUT2D eigenvalue weighted by Crippen LogP contribution is 2.36. The quantitative estimate of drug-likeness (QED) is 0.801. The van der Waals surface area contributed by atoms with Gasteiger partial charge in [-0.3, -0.25) is 4.79 Å². The van der Waals surface area contributed by atoms with Crippen molar-refractivity contribution in [3.63, 3.8) is 0 Å². The van der Waals surface area contributed by atoms with Crippen LogP contribution < -0.4 is 0 Å². The molecular formula is C18H27NO3. The van der Waals surface area contributed by atoms with Gasteiger partial charge in [-0.25, -0.2) is 0 Å². The van der Waals surface area contributed by atoms with Gasteiger partial charge in [-0.15, -0.1) is 0 Å². The van der Waals surface area contributed by atoms with Gasteiger partial charge in [0.05, 0.1) is 18.8 Å². The van der Waals surface area contributed by atoms with E-state index in [9.17, 15) is 4.79 Å². The summed E-state index contributed by atoms with van der Waals surface area (Å²) in [5, 5.41) is 0. The fourth-order valence-corrected chi connectivity index (χ4v) is 4.11. The molecule has 2 saturated carbocycles. The topological polar surface area (TPSA) is 38.8 Å².